The predicted molar refractivity (Wildman–Crippen MR) is 103 cm³/mol. The van der Waals surface area contributed by atoms with Crippen LogP contribution in [0.25, 0.3) is 0 Å². The van der Waals surface area contributed by atoms with Crippen molar-refractivity contribution >= 4 is 17.5 Å². The molecule has 0 aliphatic carbocycles. The largest absolute Gasteiger partial charge is 0.343 e. The van der Waals surface area contributed by atoms with Crippen molar-refractivity contribution in [3.63, 3.8) is 0 Å². The summed E-state index contributed by atoms with van der Waals surface area (Å²) in [4.78, 5) is 27.5. The minimum Gasteiger partial charge on any atom is -0.343 e. The molecule has 1 fully saturated rings. The number of amides is 2. The zero-order valence-electron chi connectivity index (χ0n) is 16.3. The van der Waals surface area contributed by atoms with Crippen LogP contribution in [-0.4, -0.2) is 36.9 Å². The van der Waals surface area contributed by atoms with E-state index in [1.165, 1.54) is 5.56 Å². The number of carbonyl (C=O) groups excluding carboxylic acids is 2. The van der Waals surface area contributed by atoms with Gasteiger partial charge in [0.2, 0.25) is 11.8 Å². The van der Waals surface area contributed by atoms with E-state index in [4.69, 9.17) is 0 Å². The summed E-state index contributed by atoms with van der Waals surface area (Å²) in [5.41, 5.74) is 2.34. The molecule has 0 N–H and O–H groups in total. The molecule has 1 heterocycles. The minimum atomic E-state index is 0.121. The van der Waals surface area contributed by atoms with Crippen LogP contribution in [0.15, 0.2) is 24.3 Å². The topological polar surface area (TPSA) is 40.6 Å². The second-order valence-corrected chi connectivity index (χ2v) is 8.24. The number of hydrogen-bond donors (Lipinski definition) is 0. The van der Waals surface area contributed by atoms with Crippen molar-refractivity contribution in [3.05, 3.63) is 29.8 Å². The van der Waals surface area contributed by atoms with E-state index in [1.54, 1.807) is 11.8 Å². The van der Waals surface area contributed by atoms with Gasteiger partial charge in [0.15, 0.2) is 0 Å². The third-order valence-corrected chi connectivity index (χ3v) is 5.32. The Morgan fingerprint density at radius 3 is 2.16 bits per heavy atom. The Labute approximate surface area is 152 Å². The summed E-state index contributed by atoms with van der Waals surface area (Å²) >= 11 is 0. The molecule has 0 saturated carbocycles. The fraction of sp³-hybridized carbons (Fsp3) is 0.619. The molecular formula is C21H32N2O2. The van der Waals surface area contributed by atoms with Gasteiger partial charge >= 0.3 is 0 Å². The monoisotopic (exact) mass is 344 g/mol. The molecule has 1 aromatic rings. The van der Waals surface area contributed by atoms with Crippen molar-refractivity contribution in [1.82, 2.24) is 4.90 Å². The molecule has 25 heavy (non-hydrogen) atoms. The molecule has 1 aliphatic heterocycles. The highest BCUT2D eigenvalue weighted by Crippen LogP contribution is 2.26. The second-order valence-electron chi connectivity index (χ2n) is 8.24. The lowest BCUT2D eigenvalue weighted by molar-refractivity contribution is -0.130. The number of piperidine rings is 1. The standard InChI is InChI=1S/C21H32N2O2/c1-16(24)23-14-12-17(13-15-23)6-11-20(25)22(5)19-9-7-18(8-10-19)21(2,3)4/h7-10,17H,6,11-15H2,1-5H3. The van der Waals surface area contributed by atoms with E-state index in [9.17, 15) is 9.59 Å². The molecule has 1 aromatic carbocycles. The Morgan fingerprint density at radius 2 is 1.68 bits per heavy atom. The zero-order chi connectivity index (χ0) is 18.6. The Balaban J connectivity index is 1.83. The smallest absolute Gasteiger partial charge is 0.226 e. The number of rotatable bonds is 4. The molecule has 0 radical (unpaired) electrons. The molecule has 2 amide bonds. The van der Waals surface area contributed by atoms with Gasteiger partial charge in [-0.25, -0.2) is 0 Å². The van der Waals surface area contributed by atoms with E-state index in [0.717, 1.165) is 38.0 Å². The Bertz CT molecular complexity index is 593. The molecule has 1 aliphatic rings. The van der Waals surface area contributed by atoms with Crippen LogP contribution in [0.1, 0.15) is 58.9 Å². The summed E-state index contributed by atoms with van der Waals surface area (Å²) in [5.74, 6) is 0.877. The summed E-state index contributed by atoms with van der Waals surface area (Å²) in [6.45, 7) is 9.86. The third kappa shape index (κ3) is 5.32. The average Bonchev–Trinajstić information content (AvgIpc) is 2.58. The number of likely N-dealkylation sites (tertiary alicyclic amines) is 1. The first-order valence-corrected chi connectivity index (χ1v) is 9.31. The highest BCUT2D eigenvalue weighted by molar-refractivity contribution is 5.92. The van der Waals surface area contributed by atoms with E-state index in [2.05, 4.69) is 32.9 Å². The predicted octanol–water partition coefficient (Wildman–Crippen LogP) is 3.99. The van der Waals surface area contributed by atoms with Crippen LogP contribution in [0.4, 0.5) is 5.69 Å². The SMILES string of the molecule is CC(=O)N1CCC(CCC(=O)N(C)c2ccc(C(C)(C)C)cc2)CC1. The first-order valence-electron chi connectivity index (χ1n) is 9.31. The molecule has 4 heteroatoms. The van der Waals surface area contributed by atoms with Crippen molar-refractivity contribution in [1.29, 1.82) is 0 Å². The lowest BCUT2D eigenvalue weighted by Gasteiger charge is -2.31. The maximum Gasteiger partial charge on any atom is 0.226 e. The van der Waals surface area contributed by atoms with Gasteiger partial charge in [-0.3, -0.25) is 9.59 Å². The summed E-state index contributed by atoms with van der Waals surface area (Å²) in [7, 11) is 1.85. The average molecular weight is 344 g/mol. The van der Waals surface area contributed by atoms with E-state index < -0.39 is 0 Å². The van der Waals surface area contributed by atoms with Gasteiger partial charge in [0.25, 0.3) is 0 Å². The molecule has 0 atom stereocenters. The molecule has 0 bridgehead atoms. The van der Waals surface area contributed by atoms with E-state index in [0.29, 0.717) is 12.3 Å². The quantitative estimate of drug-likeness (QED) is 0.829. The van der Waals surface area contributed by atoms with E-state index in [-0.39, 0.29) is 17.2 Å². The summed E-state index contributed by atoms with van der Waals surface area (Å²) in [5, 5.41) is 0. The number of nitrogens with zero attached hydrogens (tertiary/aromatic N) is 2. The summed E-state index contributed by atoms with van der Waals surface area (Å²) in [6, 6.07) is 8.28. The number of carbonyl (C=O) groups is 2. The second kappa shape index (κ2) is 8.03. The molecule has 2 rings (SSSR count). The number of benzene rings is 1. The van der Waals surface area contributed by atoms with Crippen molar-refractivity contribution < 1.29 is 9.59 Å². The Morgan fingerprint density at radius 1 is 1.12 bits per heavy atom. The van der Waals surface area contributed by atoms with E-state index >= 15 is 0 Å². The van der Waals surface area contributed by atoms with Crippen LogP contribution >= 0.6 is 0 Å². The molecule has 1 saturated heterocycles. The van der Waals surface area contributed by atoms with Gasteiger partial charge in [0, 0.05) is 39.2 Å². The fourth-order valence-corrected chi connectivity index (χ4v) is 3.36. The van der Waals surface area contributed by atoms with Crippen LogP contribution < -0.4 is 4.90 Å². The highest BCUT2D eigenvalue weighted by Gasteiger charge is 2.22. The minimum absolute atomic E-state index is 0.121. The Hall–Kier alpha value is -1.84. The third-order valence-electron chi connectivity index (χ3n) is 5.32. The summed E-state index contributed by atoms with van der Waals surface area (Å²) in [6.07, 6.45) is 3.50. The van der Waals surface area contributed by atoms with Gasteiger partial charge in [-0.2, -0.15) is 0 Å². The fourth-order valence-electron chi connectivity index (χ4n) is 3.36. The molecule has 0 spiro atoms. The highest BCUT2D eigenvalue weighted by atomic mass is 16.2. The van der Waals surface area contributed by atoms with Gasteiger partial charge in [0.1, 0.15) is 0 Å². The first kappa shape index (κ1) is 19.5. The van der Waals surface area contributed by atoms with Crippen LogP contribution in [0.2, 0.25) is 0 Å². The number of anilines is 1. The van der Waals surface area contributed by atoms with Crippen molar-refractivity contribution in [3.8, 4) is 0 Å². The Kier molecular flexibility index (Phi) is 6.26. The molecular weight excluding hydrogens is 312 g/mol. The molecule has 0 unspecified atom stereocenters. The van der Waals surface area contributed by atoms with Crippen molar-refractivity contribution in [2.24, 2.45) is 5.92 Å². The van der Waals surface area contributed by atoms with Crippen LogP contribution in [0.5, 0.6) is 0 Å². The summed E-state index contributed by atoms with van der Waals surface area (Å²) < 4.78 is 0. The molecule has 4 nitrogen and oxygen atoms in total. The normalized spacial score (nSPS) is 16.0. The molecule has 138 valence electrons. The number of hydrogen-bond acceptors (Lipinski definition) is 2. The maximum absolute atomic E-state index is 12.5. The lowest BCUT2D eigenvalue weighted by Crippen LogP contribution is -2.37. The van der Waals surface area contributed by atoms with Crippen LogP contribution in [-0.2, 0) is 15.0 Å². The maximum atomic E-state index is 12.5. The van der Waals surface area contributed by atoms with Gasteiger partial charge in [-0.15, -0.1) is 0 Å². The van der Waals surface area contributed by atoms with Crippen molar-refractivity contribution in [2.75, 3.05) is 25.0 Å². The van der Waals surface area contributed by atoms with Gasteiger partial charge in [0.05, 0.1) is 0 Å². The van der Waals surface area contributed by atoms with Crippen molar-refractivity contribution in [2.45, 2.75) is 58.8 Å². The van der Waals surface area contributed by atoms with Gasteiger partial charge < -0.3 is 9.80 Å². The molecule has 0 aromatic heterocycles. The van der Waals surface area contributed by atoms with Gasteiger partial charge in [-0.05, 0) is 48.3 Å². The zero-order valence-corrected chi connectivity index (χ0v) is 16.3. The first-order chi connectivity index (χ1) is 11.7. The van der Waals surface area contributed by atoms with E-state index in [1.807, 2.05) is 24.1 Å². The van der Waals surface area contributed by atoms with Crippen LogP contribution in [0, 0.1) is 5.92 Å². The van der Waals surface area contributed by atoms with Gasteiger partial charge in [-0.1, -0.05) is 32.9 Å². The van der Waals surface area contributed by atoms with Crippen LogP contribution in [0.3, 0.4) is 0 Å². The lowest BCUT2D eigenvalue weighted by atomic mass is 9.87.